The van der Waals surface area contributed by atoms with Crippen molar-refractivity contribution in [3.63, 3.8) is 0 Å². The molecule has 1 saturated carbocycles. The maximum atomic E-state index is 6.11. The molecule has 2 rings (SSSR count). The van der Waals surface area contributed by atoms with E-state index in [0.717, 1.165) is 18.3 Å². The van der Waals surface area contributed by atoms with Crippen molar-refractivity contribution in [2.75, 3.05) is 6.61 Å². The minimum Gasteiger partial charge on any atom is -0.488 e. The average molecular weight is 238 g/mol. The fourth-order valence-electron chi connectivity index (χ4n) is 1.47. The van der Waals surface area contributed by atoms with Crippen LogP contribution in [0.1, 0.15) is 18.4 Å². The molecule has 0 atom stereocenters. The van der Waals surface area contributed by atoms with E-state index >= 15 is 0 Å². The summed E-state index contributed by atoms with van der Waals surface area (Å²) in [6, 6.07) is 6.63. The maximum absolute atomic E-state index is 6.11. The minimum absolute atomic E-state index is 0.486. The minimum atomic E-state index is 0.486. The highest BCUT2D eigenvalue weighted by atomic mass is 35.5. The number of hydrogen-bond acceptors (Lipinski definition) is 2. The SMILES string of the molecule is C=CCOc1ccc(CNC2CC2)cc1Cl. The van der Waals surface area contributed by atoms with Crippen LogP contribution < -0.4 is 10.1 Å². The molecule has 1 aliphatic carbocycles. The lowest BCUT2D eigenvalue weighted by atomic mass is 10.2. The molecule has 0 amide bonds. The molecule has 0 bridgehead atoms. The Kier molecular flexibility index (Phi) is 3.86. The Labute approximate surface area is 101 Å². The Morgan fingerprint density at radius 1 is 1.50 bits per heavy atom. The van der Waals surface area contributed by atoms with E-state index in [9.17, 15) is 0 Å². The van der Waals surface area contributed by atoms with Gasteiger partial charge in [-0.05, 0) is 30.5 Å². The molecule has 2 nitrogen and oxygen atoms in total. The molecule has 1 aromatic rings. The first-order valence-corrected chi connectivity index (χ1v) is 5.93. The van der Waals surface area contributed by atoms with Crippen LogP contribution in [0.4, 0.5) is 0 Å². The number of hydrogen-bond donors (Lipinski definition) is 1. The summed E-state index contributed by atoms with van der Waals surface area (Å²) in [5.41, 5.74) is 1.20. The molecule has 0 radical (unpaired) electrons. The Bertz CT molecular complexity index is 374. The summed E-state index contributed by atoms with van der Waals surface area (Å²) < 4.78 is 5.41. The maximum Gasteiger partial charge on any atom is 0.138 e. The molecule has 1 aliphatic rings. The third-order valence-corrected chi connectivity index (χ3v) is 2.82. The molecule has 0 heterocycles. The van der Waals surface area contributed by atoms with Gasteiger partial charge in [0.1, 0.15) is 12.4 Å². The standard InChI is InChI=1S/C13H16ClNO/c1-2-7-16-13-6-3-10(8-12(13)14)9-15-11-4-5-11/h2-3,6,8,11,15H,1,4-5,7,9H2. The number of nitrogens with one attached hydrogen (secondary N) is 1. The number of benzene rings is 1. The summed E-state index contributed by atoms with van der Waals surface area (Å²) in [5, 5.41) is 4.11. The van der Waals surface area contributed by atoms with E-state index in [4.69, 9.17) is 16.3 Å². The average Bonchev–Trinajstić information content (AvgIpc) is 3.09. The largest absolute Gasteiger partial charge is 0.488 e. The molecular formula is C13H16ClNO. The van der Waals surface area contributed by atoms with Gasteiger partial charge in [-0.25, -0.2) is 0 Å². The van der Waals surface area contributed by atoms with Crippen LogP contribution in [0.25, 0.3) is 0 Å². The predicted octanol–water partition coefficient (Wildman–Crippen LogP) is 3.16. The first-order valence-electron chi connectivity index (χ1n) is 5.55. The van der Waals surface area contributed by atoms with Crippen molar-refractivity contribution in [1.82, 2.24) is 5.32 Å². The zero-order valence-corrected chi connectivity index (χ0v) is 9.96. The van der Waals surface area contributed by atoms with Crippen LogP contribution in [0.3, 0.4) is 0 Å². The van der Waals surface area contributed by atoms with Crippen LogP contribution in [-0.2, 0) is 6.54 Å². The molecule has 86 valence electrons. The summed E-state index contributed by atoms with van der Waals surface area (Å²) in [6.45, 7) is 4.97. The summed E-state index contributed by atoms with van der Waals surface area (Å²) in [6.07, 6.45) is 4.31. The van der Waals surface area contributed by atoms with Gasteiger partial charge in [0.15, 0.2) is 0 Å². The van der Waals surface area contributed by atoms with E-state index in [1.54, 1.807) is 6.08 Å². The molecular weight excluding hydrogens is 222 g/mol. The second-order valence-electron chi connectivity index (χ2n) is 4.02. The molecule has 1 aromatic carbocycles. The summed E-state index contributed by atoms with van der Waals surface area (Å²) in [7, 11) is 0. The molecule has 1 fully saturated rings. The summed E-state index contributed by atoms with van der Waals surface area (Å²) in [5.74, 6) is 0.719. The van der Waals surface area contributed by atoms with Gasteiger partial charge in [-0.3, -0.25) is 0 Å². The molecule has 0 aliphatic heterocycles. The van der Waals surface area contributed by atoms with E-state index in [0.29, 0.717) is 11.6 Å². The van der Waals surface area contributed by atoms with Crippen molar-refractivity contribution in [3.8, 4) is 5.75 Å². The Hall–Kier alpha value is -0.990. The van der Waals surface area contributed by atoms with Gasteiger partial charge in [0, 0.05) is 12.6 Å². The van der Waals surface area contributed by atoms with Gasteiger partial charge in [0.25, 0.3) is 0 Å². The van der Waals surface area contributed by atoms with E-state index in [1.165, 1.54) is 18.4 Å². The summed E-state index contributed by atoms with van der Waals surface area (Å²) >= 11 is 6.11. The highest BCUT2D eigenvalue weighted by Gasteiger charge is 2.19. The molecule has 0 unspecified atom stereocenters. The molecule has 3 heteroatoms. The normalized spacial score (nSPS) is 14.8. The number of rotatable bonds is 6. The first kappa shape index (κ1) is 11.5. The van der Waals surface area contributed by atoms with Crippen molar-refractivity contribution in [1.29, 1.82) is 0 Å². The number of ether oxygens (including phenoxy) is 1. The molecule has 16 heavy (non-hydrogen) atoms. The van der Waals surface area contributed by atoms with Crippen molar-refractivity contribution in [2.45, 2.75) is 25.4 Å². The van der Waals surface area contributed by atoms with Crippen LogP contribution in [-0.4, -0.2) is 12.6 Å². The van der Waals surface area contributed by atoms with Crippen molar-refractivity contribution in [3.05, 3.63) is 41.4 Å². The molecule has 1 N–H and O–H groups in total. The molecule has 0 saturated heterocycles. The lowest BCUT2D eigenvalue weighted by molar-refractivity contribution is 0.363. The predicted molar refractivity (Wildman–Crippen MR) is 67.0 cm³/mol. The quantitative estimate of drug-likeness (QED) is 0.768. The molecule has 0 spiro atoms. The van der Waals surface area contributed by atoms with E-state index in [-0.39, 0.29) is 0 Å². The monoisotopic (exact) mass is 237 g/mol. The van der Waals surface area contributed by atoms with Crippen LogP contribution in [0.2, 0.25) is 5.02 Å². The van der Waals surface area contributed by atoms with Crippen LogP contribution in [0.15, 0.2) is 30.9 Å². The third kappa shape index (κ3) is 3.26. The first-order chi connectivity index (χ1) is 7.79. The Morgan fingerprint density at radius 2 is 2.31 bits per heavy atom. The molecule has 0 aromatic heterocycles. The Morgan fingerprint density at radius 3 is 2.94 bits per heavy atom. The van der Waals surface area contributed by atoms with Gasteiger partial charge in [-0.1, -0.05) is 30.3 Å². The highest BCUT2D eigenvalue weighted by Crippen LogP contribution is 2.26. The van der Waals surface area contributed by atoms with Crippen LogP contribution in [0.5, 0.6) is 5.75 Å². The highest BCUT2D eigenvalue weighted by molar-refractivity contribution is 6.32. The van der Waals surface area contributed by atoms with Gasteiger partial charge in [0.05, 0.1) is 5.02 Å². The van der Waals surface area contributed by atoms with E-state index in [1.807, 2.05) is 18.2 Å². The van der Waals surface area contributed by atoms with Gasteiger partial charge < -0.3 is 10.1 Å². The Balaban J connectivity index is 1.94. The van der Waals surface area contributed by atoms with Gasteiger partial charge >= 0.3 is 0 Å². The second kappa shape index (κ2) is 5.37. The van der Waals surface area contributed by atoms with Crippen molar-refractivity contribution < 1.29 is 4.74 Å². The van der Waals surface area contributed by atoms with Crippen LogP contribution in [0, 0.1) is 0 Å². The fourth-order valence-corrected chi connectivity index (χ4v) is 1.73. The smallest absolute Gasteiger partial charge is 0.138 e. The zero-order valence-electron chi connectivity index (χ0n) is 9.21. The lowest BCUT2D eigenvalue weighted by Gasteiger charge is -2.08. The third-order valence-electron chi connectivity index (χ3n) is 2.53. The van der Waals surface area contributed by atoms with E-state index < -0.39 is 0 Å². The van der Waals surface area contributed by atoms with Gasteiger partial charge in [0.2, 0.25) is 0 Å². The lowest BCUT2D eigenvalue weighted by Crippen LogP contribution is -2.15. The van der Waals surface area contributed by atoms with Crippen LogP contribution >= 0.6 is 11.6 Å². The zero-order chi connectivity index (χ0) is 11.4. The second-order valence-corrected chi connectivity index (χ2v) is 4.43. The summed E-state index contributed by atoms with van der Waals surface area (Å²) in [4.78, 5) is 0. The number of halogens is 1. The topological polar surface area (TPSA) is 21.3 Å². The van der Waals surface area contributed by atoms with Crippen molar-refractivity contribution >= 4 is 11.6 Å². The van der Waals surface area contributed by atoms with Gasteiger partial charge in [-0.15, -0.1) is 0 Å². The van der Waals surface area contributed by atoms with Crippen molar-refractivity contribution in [2.24, 2.45) is 0 Å². The van der Waals surface area contributed by atoms with Gasteiger partial charge in [-0.2, -0.15) is 0 Å². The van der Waals surface area contributed by atoms with E-state index in [2.05, 4.69) is 11.9 Å². The fraction of sp³-hybridized carbons (Fsp3) is 0.385.